The van der Waals surface area contributed by atoms with Gasteiger partial charge in [-0.1, -0.05) is 6.08 Å². The first kappa shape index (κ1) is 14.7. The second-order valence-electron chi connectivity index (χ2n) is 3.45. The fourth-order valence-electron chi connectivity index (χ4n) is 1.35. The van der Waals surface area contributed by atoms with Gasteiger partial charge in [0.2, 0.25) is 10.0 Å². The summed E-state index contributed by atoms with van der Waals surface area (Å²) >= 11 is 0. The topological polar surface area (TPSA) is 57.6 Å². The van der Waals surface area contributed by atoms with Crippen molar-refractivity contribution in [3.8, 4) is 0 Å². The van der Waals surface area contributed by atoms with E-state index in [0.29, 0.717) is 6.07 Å². The van der Waals surface area contributed by atoms with E-state index in [-0.39, 0.29) is 24.6 Å². The van der Waals surface area contributed by atoms with Gasteiger partial charge in [-0.15, -0.1) is 6.58 Å². The molecule has 0 saturated carbocycles. The maximum atomic E-state index is 13.0. The lowest BCUT2D eigenvalue weighted by Crippen LogP contribution is -2.33. The van der Waals surface area contributed by atoms with Crippen LogP contribution in [0.5, 0.6) is 0 Å². The zero-order chi connectivity index (χ0) is 13.8. The predicted molar refractivity (Wildman–Crippen MR) is 62.4 cm³/mol. The van der Waals surface area contributed by atoms with E-state index in [2.05, 4.69) is 6.58 Å². The van der Waals surface area contributed by atoms with E-state index >= 15 is 0 Å². The molecule has 0 amide bonds. The van der Waals surface area contributed by atoms with Crippen molar-refractivity contribution < 1.29 is 22.3 Å². The van der Waals surface area contributed by atoms with E-state index in [1.807, 2.05) is 0 Å². The summed E-state index contributed by atoms with van der Waals surface area (Å²) in [6.45, 7) is 2.85. The second kappa shape index (κ2) is 6.03. The highest BCUT2D eigenvalue weighted by Crippen LogP contribution is 2.18. The Balaban J connectivity index is 3.17. The first-order valence-corrected chi connectivity index (χ1v) is 6.54. The molecule has 1 rings (SSSR count). The Bertz CT molecular complexity index is 531. The van der Waals surface area contributed by atoms with E-state index in [4.69, 9.17) is 5.11 Å². The van der Waals surface area contributed by atoms with Crippen molar-refractivity contribution in [1.29, 1.82) is 0 Å². The van der Waals surface area contributed by atoms with Crippen LogP contribution in [-0.2, 0) is 10.0 Å². The largest absolute Gasteiger partial charge is 0.395 e. The van der Waals surface area contributed by atoms with Crippen molar-refractivity contribution in [2.45, 2.75) is 4.90 Å². The molecule has 1 N–H and O–H groups in total. The molecule has 0 heterocycles. The zero-order valence-corrected chi connectivity index (χ0v) is 10.3. The molecule has 0 radical (unpaired) electrons. The fraction of sp³-hybridized carbons (Fsp3) is 0.273. The normalized spacial score (nSPS) is 11.8. The number of hydrogen-bond donors (Lipinski definition) is 1. The SMILES string of the molecule is C=CCN(CCO)S(=O)(=O)c1ccc(F)c(F)c1. The number of aliphatic hydroxyl groups is 1. The molecule has 0 spiro atoms. The van der Waals surface area contributed by atoms with Gasteiger partial charge in [-0.3, -0.25) is 0 Å². The van der Waals surface area contributed by atoms with Gasteiger partial charge in [0.05, 0.1) is 11.5 Å². The molecule has 1 aromatic carbocycles. The molecule has 0 aromatic heterocycles. The molecule has 0 aliphatic heterocycles. The van der Waals surface area contributed by atoms with Crippen LogP contribution < -0.4 is 0 Å². The third-order valence-corrected chi connectivity index (χ3v) is 4.07. The second-order valence-corrected chi connectivity index (χ2v) is 5.39. The number of sulfonamides is 1. The van der Waals surface area contributed by atoms with E-state index in [1.54, 1.807) is 0 Å². The van der Waals surface area contributed by atoms with Crippen LogP contribution in [0.4, 0.5) is 8.78 Å². The average molecular weight is 277 g/mol. The Hall–Kier alpha value is -1.31. The summed E-state index contributed by atoms with van der Waals surface area (Å²) in [5.74, 6) is -2.36. The summed E-state index contributed by atoms with van der Waals surface area (Å²) in [6, 6.07) is 2.33. The van der Waals surface area contributed by atoms with Crippen molar-refractivity contribution in [2.75, 3.05) is 19.7 Å². The number of nitrogens with zero attached hydrogens (tertiary/aromatic N) is 1. The third kappa shape index (κ3) is 3.12. The van der Waals surface area contributed by atoms with E-state index in [1.165, 1.54) is 6.08 Å². The quantitative estimate of drug-likeness (QED) is 0.793. The Labute approximate surface area is 104 Å². The summed E-state index contributed by atoms with van der Waals surface area (Å²) in [7, 11) is -3.97. The molecule has 18 heavy (non-hydrogen) atoms. The van der Waals surface area contributed by atoms with Crippen LogP contribution in [0, 0.1) is 11.6 Å². The van der Waals surface area contributed by atoms with Crippen LogP contribution in [0.15, 0.2) is 35.7 Å². The molecule has 0 fully saturated rings. The van der Waals surface area contributed by atoms with Crippen molar-refractivity contribution in [2.24, 2.45) is 0 Å². The van der Waals surface area contributed by atoms with Gasteiger partial charge in [0.25, 0.3) is 0 Å². The third-order valence-electron chi connectivity index (χ3n) is 2.21. The molecule has 100 valence electrons. The smallest absolute Gasteiger partial charge is 0.243 e. The Morgan fingerprint density at radius 3 is 2.50 bits per heavy atom. The lowest BCUT2D eigenvalue weighted by molar-refractivity contribution is 0.260. The van der Waals surface area contributed by atoms with Crippen LogP contribution in [0.3, 0.4) is 0 Å². The van der Waals surface area contributed by atoms with Gasteiger partial charge in [0, 0.05) is 13.1 Å². The minimum Gasteiger partial charge on any atom is -0.395 e. The predicted octanol–water partition coefficient (Wildman–Crippen LogP) is 1.13. The summed E-state index contributed by atoms with van der Waals surface area (Å²) in [4.78, 5) is -0.364. The van der Waals surface area contributed by atoms with E-state index < -0.39 is 21.7 Å². The molecule has 0 bridgehead atoms. The molecule has 0 aliphatic rings. The number of halogens is 2. The lowest BCUT2D eigenvalue weighted by atomic mass is 10.3. The molecule has 0 unspecified atom stereocenters. The summed E-state index contributed by atoms with van der Waals surface area (Å²) in [6.07, 6.45) is 1.34. The first-order chi connectivity index (χ1) is 8.43. The Morgan fingerprint density at radius 1 is 1.33 bits per heavy atom. The summed E-state index contributed by atoms with van der Waals surface area (Å²) in [5.41, 5.74) is 0. The van der Waals surface area contributed by atoms with Gasteiger partial charge in [-0.25, -0.2) is 17.2 Å². The Morgan fingerprint density at radius 2 is 2.00 bits per heavy atom. The number of rotatable bonds is 6. The summed E-state index contributed by atoms with van der Waals surface area (Å²) in [5, 5.41) is 8.80. The summed E-state index contributed by atoms with van der Waals surface area (Å²) < 4.78 is 50.8. The van der Waals surface area contributed by atoms with Gasteiger partial charge in [0.1, 0.15) is 0 Å². The number of aliphatic hydroxyl groups excluding tert-OH is 1. The van der Waals surface area contributed by atoms with E-state index in [9.17, 15) is 17.2 Å². The van der Waals surface area contributed by atoms with Crippen molar-refractivity contribution in [1.82, 2.24) is 4.31 Å². The van der Waals surface area contributed by atoms with Crippen molar-refractivity contribution >= 4 is 10.0 Å². The highest BCUT2D eigenvalue weighted by molar-refractivity contribution is 7.89. The van der Waals surface area contributed by atoms with Crippen molar-refractivity contribution in [3.05, 3.63) is 42.5 Å². The minimum atomic E-state index is -3.97. The number of hydrogen-bond acceptors (Lipinski definition) is 3. The lowest BCUT2D eigenvalue weighted by Gasteiger charge is -2.19. The first-order valence-electron chi connectivity index (χ1n) is 5.10. The highest BCUT2D eigenvalue weighted by atomic mass is 32.2. The molecule has 7 heteroatoms. The molecule has 4 nitrogen and oxygen atoms in total. The molecular weight excluding hydrogens is 264 g/mol. The molecular formula is C11H13F2NO3S. The fourth-order valence-corrected chi connectivity index (χ4v) is 2.77. The van der Waals surface area contributed by atoms with Crippen LogP contribution in [0.2, 0.25) is 0 Å². The zero-order valence-electron chi connectivity index (χ0n) is 9.51. The van der Waals surface area contributed by atoms with Crippen LogP contribution >= 0.6 is 0 Å². The van der Waals surface area contributed by atoms with Crippen LogP contribution in [0.1, 0.15) is 0 Å². The van der Waals surface area contributed by atoms with Gasteiger partial charge in [-0.2, -0.15) is 4.31 Å². The maximum Gasteiger partial charge on any atom is 0.243 e. The standard InChI is InChI=1S/C11H13F2NO3S/c1-2-5-14(6-7-15)18(16,17)9-3-4-10(12)11(13)8-9/h2-4,8,15H,1,5-7H2. The molecule has 0 saturated heterocycles. The minimum absolute atomic E-state index is 0.0259. The molecule has 0 aliphatic carbocycles. The molecule has 1 aromatic rings. The Kier molecular flexibility index (Phi) is 4.94. The van der Waals surface area contributed by atoms with Crippen LogP contribution in [0.25, 0.3) is 0 Å². The molecule has 0 atom stereocenters. The van der Waals surface area contributed by atoms with E-state index in [0.717, 1.165) is 16.4 Å². The average Bonchev–Trinajstić information content (AvgIpc) is 2.32. The van der Waals surface area contributed by atoms with Gasteiger partial charge < -0.3 is 5.11 Å². The van der Waals surface area contributed by atoms with Gasteiger partial charge in [0.15, 0.2) is 11.6 Å². The highest BCUT2D eigenvalue weighted by Gasteiger charge is 2.24. The van der Waals surface area contributed by atoms with Crippen molar-refractivity contribution in [3.63, 3.8) is 0 Å². The van der Waals surface area contributed by atoms with Gasteiger partial charge >= 0.3 is 0 Å². The maximum absolute atomic E-state index is 13.0. The monoisotopic (exact) mass is 277 g/mol. The van der Waals surface area contributed by atoms with Crippen LogP contribution in [-0.4, -0.2) is 37.5 Å². The van der Waals surface area contributed by atoms with Gasteiger partial charge in [-0.05, 0) is 18.2 Å². The number of benzene rings is 1.